The minimum atomic E-state index is -0.498. The first-order chi connectivity index (χ1) is 14.0. The van der Waals surface area contributed by atoms with Crippen molar-refractivity contribution >= 4 is 17.5 Å². The Morgan fingerprint density at radius 1 is 0.931 bits per heavy atom. The van der Waals surface area contributed by atoms with Gasteiger partial charge in [0.15, 0.2) is 5.76 Å². The fourth-order valence-corrected chi connectivity index (χ4v) is 4.78. The standard InChI is InChI=1S/C25H32O4/c1-17(2)22-20-15-11-6-4-3-5-10-14-19(26)16-21(22)23(27)24(20)29-25(28)18-12-8-7-9-13-18/h7-9,12-13,17,21-22H,3-6,10-11,14-16H2,1-2H3/t21-,22+/m1/s1. The van der Waals surface area contributed by atoms with Crippen LogP contribution < -0.4 is 0 Å². The summed E-state index contributed by atoms with van der Waals surface area (Å²) in [6.07, 6.45) is 7.93. The molecule has 2 aliphatic carbocycles. The summed E-state index contributed by atoms with van der Waals surface area (Å²) < 4.78 is 5.70. The molecule has 1 aromatic rings. The molecule has 156 valence electrons. The Morgan fingerprint density at radius 2 is 1.55 bits per heavy atom. The van der Waals surface area contributed by atoms with Gasteiger partial charge in [-0.3, -0.25) is 9.59 Å². The van der Waals surface area contributed by atoms with Gasteiger partial charge in [0.2, 0.25) is 5.78 Å². The molecule has 2 aliphatic rings. The van der Waals surface area contributed by atoms with E-state index in [2.05, 4.69) is 13.8 Å². The van der Waals surface area contributed by atoms with Gasteiger partial charge in [0.25, 0.3) is 0 Å². The van der Waals surface area contributed by atoms with E-state index in [1.54, 1.807) is 24.3 Å². The Labute approximate surface area is 173 Å². The molecule has 2 bridgehead atoms. The number of allylic oxidation sites excluding steroid dienone is 2. The molecule has 0 aromatic heterocycles. The van der Waals surface area contributed by atoms with Crippen LogP contribution in [-0.4, -0.2) is 17.5 Å². The SMILES string of the molecule is CC(C)[C@H]1C2=C(OC(=O)c3ccccc3)C(=O)[C@@H]1CC(=O)CCCCCCCC2. The monoisotopic (exact) mass is 396 g/mol. The number of Topliss-reactive ketones (excluding diaryl/α,β-unsaturated/α-hetero) is 2. The molecule has 0 aliphatic heterocycles. The molecule has 0 spiro atoms. The summed E-state index contributed by atoms with van der Waals surface area (Å²) in [5.41, 5.74) is 1.38. The van der Waals surface area contributed by atoms with Crippen molar-refractivity contribution in [2.45, 2.75) is 71.6 Å². The zero-order valence-corrected chi connectivity index (χ0v) is 17.6. The Hall–Kier alpha value is -2.23. The highest BCUT2D eigenvalue weighted by Crippen LogP contribution is 2.44. The number of rotatable bonds is 3. The molecule has 2 atom stereocenters. The number of ether oxygens (including phenoxy) is 1. The number of carbonyl (C=O) groups is 3. The van der Waals surface area contributed by atoms with Crippen LogP contribution in [0.3, 0.4) is 0 Å². The molecule has 4 nitrogen and oxygen atoms in total. The molecule has 4 heteroatoms. The van der Waals surface area contributed by atoms with Crippen LogP contribution in [0.4, 0.5) is 0 Å². The Balaban J connectivity index is 1.92. The van der Waals surface area contributed by atoms with Gasteiger partial charge in [0.05, 0.1) is 5.56 Å². The molecule has 29 heavy (non-hydrogen) atoms. The molecule has 3 rings (SSSR count). The van der Waals surface area contributed by atoms with Gasteiger partial charge in [-0.25, -0.2) is 4.79 Å². The quantitative estimate of drug-likeness (QED) is 0.618. The molecule has 1 aromatic carbocycles. The van der Waals surface area contributed by atoms with E-state index in [9.17, 15) is 14.4 Å². The second-order valence-corrected chi connectivity index (χ2v) is 8.71. The Morgan fingerprint density at radius 3 is 2.21 bits per heavy atom. The van der Waals surface area contributed by atoms with Crippen molar-refractivity contribution in [2.24, 2.45) is 17.8 Å². The predicted octanol–water partition coefficient (Wildman–Crippen LogP) is 5.66. The summed E-state index contributed by atoms with van der Waals surface area (Å²) in [6, 6.07) is 8.77. The lowest BCUT2D eigenvalue weighted by molar-refractivity contribution is -0.127. The second kappa shape index (κ2) is 10.00. The maximum Gasteiger partial charge on any atom is 0.343 e. The van der Waals surface area contributed by atoms with Crippen LogP contribution in [-0.2, 0) is 14.3 Å². The largest absolute Gasteiger partial charge is 0.419 e. The summed E-state index contributed by atoms with van der Waals surface area (Å²) in [5.74, 6) is -0.488. The van der Waals surface area contributed by atoms with Crippen LogP contribution in [0.25, 0.3) is 0 Å². The fraction of sp³-hybridized carbons (Fsp3) is 0.560. The summed E-state index contributed by atoms with van der Waals surface area (Å²) >= 11 is 0. The van der Waals surface area contributed by atoms with E-state index in [1.807, 2.05) is 6.07 Å². The maximum atomic E-state index is 13.3. The first-order valence-electron chi connectivity index (χ1n) is 11.0. The molecule has 0 unspecified atom stereocenters. The van der Waals surface area contributed by atoms with Crippen molar-refractivity contribution in [2.75, 3.05) is 0 Å². The highest BCUT2D eigenvalue weighted by Gasteiger charge is 2.45. The van der Waals surface area contributed by atoms with E-state index in [0.717, 1.165) is 50.5 Å². The third-order valence-electron chi connectivity index (χ3n) is 6.21. The van der Waals surface area contributed by atoms with Crippen molar-refractivity contribution in [1.29, 1.82) is 0 Å². The Kier molecular flexibility index (Phi) is 7.40. The van der Waals surface area contributed by atoms with Crippen molar-refractivity contribution in [1.82, 2.24) is 0 Å². The number of ketones is 2. The van der Waals surface area contributed by atoms with Crippen molar-refractivity contribution in [3.8, 4) is 0 Å². The summed E-state index contributed by atoms with van der Waals surface area (Å²) in [7, 11) is 0. The number of benzene rings is 1. The van der Waals surface area contributed by atoms with Gasteiger partial charge in [-0.05, 0) is 48.8 Å². The van der Waals surface area contributed by atoms with Crippen LogP contribution in [0.2, 0.25) is 0 Å². The van der Waals surface area contributed by atoms with Gasteiger partial charge < -0.3 is 4.74 Å². The number of carbonyl (C=O) groups excluding carboxylic acids is 3. The Bertz CT molecular complexity index is 775. The first-order valence-corrected chi connectivity index (χ1v) is 11.0. The van der Waals surface area contributed by atoms with E-state index in [4.69, 9.17) is 4.74 Å². The molecule has 0 N–H and O–H groups in total. The van der Waals surface area contributed by atoms with Gasteiger partial charge in [-0.15, -0.1) is 0 Å². The van der Waals surface area contributed by atoms with Crippen LogP contribution in [0.1, 0.15) is 82.0 Å². The summed E-state index contributed by atoms with van der Waals surface area (Å²) in [6.45, 7) is 4.19. The third-order valence-corrected chi connectivity index (χ3v) is 6.21. The average molecular weight is 397 g/mol. The first kappa shape index (κ1) is 21.5. The van der Waals surface area contributed by atoms with E-state index in [-0.39, 0.29) is 35.6 Å². The smallest absolute Gasteiger partial charge is 0.343 e. The fourth-order valence-electron chi connectivity index (χ4n) is 4.78. The van der Waals surface area contributed by atoms with Crippen LogP contribution in [0.5, 0.6) is 0 Å². The number of fused-ring (bicyclic) bond motifs is 2. The molecule has 0 amide bonds. The average Bonchev–Trinajstić information content (AvgIpc) is 2.96. The zero-order valence-electron chi connectivity index (χ0n) is 17.6. The minimum Gasteiger partial charge on any atom is -0.419 e. The van der Waals surface area contributed by atoms with Gasteiger partial charge in [0.1, 0.15) is 5.78 Å². The predicted molar refractivity (Wildman–Crippen MR) is 112 cm³/mol. The lowest BCUT2D eigenvalue weighted by atomic mass is 9.78. The van der Waals surface area contributed by atoms with Gasteiger partial charge in [-0.2, -0.15) is 0 Å². The maximum absolute atomic E-state index is 13.3. The second-order valence-electron chi connectivity index (χ2n) is 8.71. The lowest BCUT2D eigenvalue weighted by Crippen LogP contribution is -2.25. The van der Waals surface area contributed by atoms with Crippen LogP contribution in [0.15, 0.2) is 41.7 Å². The summed E-state index contributed by atoms with van der Waals surface area (Å²) in [4.78, 5) is 38.5. The third kappa shape index (κ3) is 5.23. The van der Waals surface area contributed by atoms with Crippen molar-refractivity contribution < 1.29 is 19.1 Å². The van der Waals surface area contributed by atoms with Gasteiger partial charge in [0, 0.05) is 18.8 Å². The normalized spacial score (nSPS) is 24.1. The van der Waals surface area contributed by atoms with E-state index in [0.29, 0.717) is 12.0 Å². The molecule has 0 heterocycles. The van der Waals surface area contributed by atoms with Gasteiger partial charge >= 0.3 is 5.97 Å². The highest BCUT2D eigenvalue weighted by atomic mass is 16.5. The number of hydrogen-bond donors (Lipinski definition) is 0. The minimum absolute atomic E-state index is 0.0224. The van der Waals surface area contributed by atoms with E-state index in [1.165, 1.54) is 0 Å². The van der Waals surface area contributed by atoms with E-state index < -0.39 is 11.9 Å². The lowest BCUT2D eigenvalue weighted by Gasteiger charge is -2.24. The highest BCUT2D eigenvalue weighted by molar-refractivity contribution is 6.04. The molecule has 1 saturated carbocycles. The number of esters is 1. The van der Waals surface area contributed by atoms with Crippen molar-refractivity contribution in [3.05, 3.63) is 47.2 Å². The van der Waals surface area contributed by atoms with Crippen LogP contribution in [0, 0.1) is 17.8 Å². The molecule has 0 saturated heterocycles. The van der Waals surface area contributed by atoms with Crippen LogP contribution >= 0.6 is 0 Å². The van der Waals surface area contributed by atoms with Gasteiger partial charge in [-0.1, -0.05) is 57.7 Å². The van der Waals surface area contributed by atoms with Crippen molar-refractivity contribution in [3.63, 3.8) is 0 Å². The van der Waals surface area contributed by atoms with E-state index >= 15 is 0 Å². The molecule has 0 radical (unpaired) electrons. The molecule has 1 fully saturated rings. The molecular weight excluding hydrogens is 364 g/mol. The zero-order chi connectivity index (χ0) is 20.8. The molecular formula is C25H32O4. The topological polar surface area (TPSA) is 60.4 Å². The number of hydrogen-bond acceptors (Lipinski definition) is 4. The summed E-state index contributed by atoms with van der Waals surface area (Å²) in [5, 5.41) is 0.